The van der Waals surface area contributed by atoms with Gasteiger partial charge in [-0.3, -0.25) is 4.52 Å². The average molecular weight is 548 g/mol. The van der Waals surface area contributed by atoms with Crippen LogP contribution in [0.3, 0.4) is 0 Å². The van der Waals surface area contributed by atoms with Gasteiger partial charge >= 0.3 is 13.9 Å². The second kappa shape index (κ2) is 9.97. The minimum absolute atomic E-state index is 0.603. The normalized spacial score (nSPS) is 23.5. The van der Waals surface area contributed by atoms with Gasteiger partial charge in [-0.25, -0.2) is 0 Å². The summed E-state index contributed by atoms with van der Waals surface area (Å²) >= 11 is 14.4. The van der Waals surface area contributed by atoms with Crippen LogP contribution in [-0.4, -0.2) is 0 Å². The van der Waals surface area contributed by atoms with Crippen molar-refractivity contribution >= 4 is 54.6 Å². The van der Waals surface area contributed by atoms with Crippen LogP contribution >= 0.6 is 44.0 Å². The Hall–Kier alpha value is -1.93. The predicted molar refractivity (Wildman–Crippen MR) is 147 cm³/mol. The van der Waals surface area contributed by atoms with Crippen molar-refractivity contribution in [3.8, 4) is 11.5 Å². The Balaban J connectivity index is 1.69. The quantitative estimate of drug-likeness (QED) is 0.240. The van der Waals surface area contributed by atoms with Crippen molar-refractivity contribution in [2.75, 3.05) is 0 Å². The van der Waals surface area contributed by atoms with Crippen LogP contribution in [0.15, 0.2) is 126 Å². The Morgan fingerprint density at radius 2 is 1.09 bits per heavy atom. The van der Waals surface area contributed by atoms with E-state index in [-0.39, 0.29) is 0 Å². The van der Waals surface area contributed by atoms with Gasteiger partial charge in [0.05, 0.1) is 0 Å². The molecule has 0 saturated heterocycles. The van der Waals surface area contributed by atoms with Gasteiger partial charge in [-0.15, -0.1) is 0 Å². The van der Waals surface area contributed by atoms with Crippen LogP contribution in [0, 0.1) is 0 Å². The van der Waals surface area contributed by atoms with Crippen LogP contribution < -0.4 is 29.4 Å². The number of halogens is 2. The van der Waals surface area contributed by atoms with Gasteiger partial charge in [0.2, 0.25) is 0 Å². The number of nitrogens with one attached hydrogen (secondary N) is 2. The minimum atomic E-state index is -3.17. The van der Waals surface area contributed by atoms with Gasteiger partial charge in [0.1, 0.15) is 16.4 Å². The summed E-state index contributed by atoms with van der Waals surface area (Å²) in [6.45, 7) is -3.17. The second-order valence-corrected chi connectivity index (χ2v) is 17.3. The molecule has 172 valence electrons. The minimum Gasteiger partial charge on any atom is -0.432 e. The molecular weight excluding hydrogens is 526 g/mol. The zero-order valence-electron chi connectivity index (χ0n) is 17.9. The van der Waals surface area contributed by atoms with E-state index >= 15 is 0 Å². The maximum Gasteiger partial charge on any atom is 0.518 e. The Morgan fingerprint density at radius 1 is 0.647 bits per heavy atom. The molecule has 1 aliphatic heterocycles. The zero-order chi connectivity index (χ0) is 23.5. The molecule has 0 aromatic heterocycles. The molecule has 0 fully saturated rings. The van der Waals surface area contributed by atoms with Gasteiger partial charge in [0.15, 0.2) is 17.0 Å². The molecule has 0 aliphatic carbocycles. The zero-order valence-corrected chi connectivity index (χ0v) is 22.1. The summed E-state index contributed by atoms with van der Waals surface area (Å²) in [6, 6.07) is 38.9. The van der Waals surface area contributed by atoms with Crippen LogP contribution in [0.4, 0.5) is 0 Å². The van der Waals surface area contributed by atoms with Crippen molar-refractivity contribution in [1.82, 2.24) is 9.72 Å². The van der Waals surface area contributed by atoms with E-state index < -0.39 is 21.5 Å². The Kier molecular flexibility index (Phi) is 6.98. The van der Waals surface area contributed by atoms with Crippen LogP contribution in [-0.2, 0) is 0 Å². The highest BCUT2D eigenvalue weighted by molar-refractivity contribution is 8.12. The molecule has 4 aromatic rings. The van der Waals surface area contributed by atoms with Crippen LogP contribution in [0.25, 0.3) is 0 Å². The third kappa shape index (κ3) is 5.18. The molecule has 0 spiro atoms. The van der Waals surface area contributed by atoms with Crippen LogP contribution in [0.5, 0.6) is 11.5 Å². The average Bonchev–Trinajstić information content (AvgIpc) is 2.85. The molecular formula is C24H22Cl2N3O2P3+2. The van der Waals surface area contributed by atoms with Crippen molar-refractivity contribution in [3.05, 3.63) is 121 Å². The van der Waals surface area contributed by atoms with Crippen molar-refractivity contribution in [2.24, 2.45) is 4.52 Å². The van der Waals surface area contributed by atoms with E-state index in [1.165, 1.54) is 0 Å². The molecule has 34 heavy (non-hydrogen) atoms. The number of para-hydroxylation sites is 2. The first-order valence-corrected chi connectivity index (χ1v) is 17.4. The van der Waals surface area contributed by atoms with Gasteiger partial charge < -0.3 is 4.52 Å². The molecule has 2 N–H and O–H groups in total. The highest BCUT2D eigenvalue weighted by Gasteiger charge is 2.67. The molecule has 5 nitrogen and oxygen atoms in total. The lowest BCUT2D eigenvalue weighted by molar-refractivity contribution is 0.594. The first-order chi connectivity index (χ1) is 16.5. The van der Waals surface area contributed by atoms with Gasteiger partial charge in [0, 0.05) is 9.37 Å². The summed E-state index contributed by atoms with van der Waals surface area (Å²) in [5, 5.41) is 2.03. The first-order valence-electron chi connectivity index (χ1n) is 10.5. The molecule has 1 heterocycles. The molecule has 2 unspecified atom stereocenters. The van der Waals surface area contributed by atoms with E-state index in [1.807, 2.05) is 97.1 Å². The van der Waals surface area contributed by atoms with E-state index in [0.717, 1.165) is 10.6 Å². The van der Waals surface area contributed by atoms with Gasteiger partial charge in [-0.05, 0) is 59.8 Å². The molecule has 4 aromatic carbocycles. The predicted octanol–water partition coefficient (Wildman–Crippen LogP) is 7.94. The van der Waals surface area contributed by atoms with Gasteiger partial charge in [-0.2, -0.15) is 0 Å². The number of benzene rings is 4. The Bertz CT molecular complexity index is 1260. The maximum atomic E-state index is 7.21. The molecule has 10 heteroatoms. The third-order valence-electron chi connectivity index (χ3n) is 5.00. The highest BCUT2D eigenvalue weighted by Crippen LogP contribution is 2.82. The summed E-state index contributed by atoms with van der Waals surface area (Å²) < 4.78 is 17.4. The van der Waals surface area contributed by atoms with Crippen molar-refractivity contribution in [1.29, 1.82) is 0 Å². The first kappa shape index (κ1) is 23.8. The maximum absolute atomic E-state index is 7.21. The molecule has 0 saturated carbocycles. The summed E-state index contributed by atoms with van der Waals surface area (Å²) in [6.07, 6.45) is 0. The van der Waals surface area contributed by atoms with Crippen molar-refractivity contribution in [2.45, 2.75) is 0 Å². The number of rotatable bonds is 6. The molecule has 0 bridgehead atoms. The summed E-state index contributed by atoms with van der Waals surface area (Å²) in [5.41, 5.74) is 0. The van der Waals surface area contributed by atoms with Crippen LogP contribution in [0.2, 0.25) is 0 Å². The smallest absolute Gasteiger partial charge is 0.432 e. The molecule has 0 amide bonds. The fourth-order valence-electron chi connectivity index (χ4n) is 3.58. The summed E-state index contributed by atoms with van der Waals surface area (Å²) in [7, 11) is -5.79. The topological polar surface area (TPSA) is 54.9 Å². The standard InChI is InChI=1S/C24H22Cl2N3O2P3/c25-33(30-21-13-5-1-6-14-21)27-32(23-17-9-3-10-18-23,24-19-11-4-12-20-24)28-34(26,29-33)31-22-15-7-2-8-16-22/h1-20,27-28H/q+2. The number of hydrogen-bond acceptors (Lipinski definition) is 5. The summed E-state index contributed by atoms with van der Waals surface area (Å²) in [5.74, 6) is 1.21. The number of nitrogens with zero attached hydrogens (tertiary/aromatic N) is 1. The van der Waals surface area contributed by atoms with E-state index in [1.54, 1.807) is 0 Å². The van der Waals surface area contributed by atoms with Crippen molar-refractivity contribution < 1.29 is 9.05 Å². The van der Waals surface area contributed by atoms with E-state index in [4.69, 9.17) is 36.0 Å². The van der Waals surface area contributed by atoms with Gasteiger partial charge in [0.25, 0.3) is 7.56 Å². The lowest BCUT2D eigenvalue weighted by atomic mass is 10.3. The summed E-state index contributed by atoms with van der Waals surface area (Å²) in [4.78, 5) is 7.23. The fourth-order valence-corrected chi connectivity index (χ4v) is 18.7. The van der Waals surface area contributed by atoms with E-state index in [2.05, 4.69) is 34.0 Å². The molecule has 1 aliphatic rings. The van der Waals surface area contributed by atoms with Gasteiger partial charge in [-0.1, -0.05) is 77.7 Å². The van der Waals surface area contributed by atoms with Crippen LogP contribution in [0.1, 0.15) is 0 Å². The highest BCUT2D eigenvalue weighted by atomic mass is 35.7. The monoisotopic (exact) mass is 547 g/mol. The lowest BCUT2D eigenvalue weighted by Gasteiger charge is -2.34. The van der Waals surface area contributed by atoms with E-state index in [0.29, 0.717) is 11.5 Å². The lowest BCUT2D eigenvalue weighted by Crippen LogP contribution is -2.42. The molecule has 5 rings (SSSR count). The second-order valence-electron chi connectivity index (χ2n) is 7.44. The largest absolute Gasteiger partial charge is 0.518 e. The third-order valence-corrected chi connectivity index (χ3v) is 17.3. The fraction of sp³-hybridized carbons (Fsp3) is 0. The SMILES string of the molecule is ClP1(Oc2ccccc2)=N[P+](Cl)(Oc2ccccc2)N[P+](c2ccccc2)(c2ccccc2)N1. The molecule has 0 radical (unpaired) electrons. The Morgan fingerprint density at radius 3 is 1.59 bits per heavy atom. The van der Waals surface area contributed by atoms with Crippen molar-refractivity contribution in [3.63, 3.8) is 0 Å². The van der Waals surface area contributed by atoms with E-state index in [9.17, 15) is 0 Å². The number of hydrogen-bond donors (Lipinski definition) is 2. The Labute approximate surface area is 210 Å². The molecule has 2 atom stereocenters.